The van der Waals surface area contributed by atoms with Crippen LogP contribution in [0.2, 0.25) is 0 Å². The minimum absolute atomic E-state index is 0. The first-order chi connectivity index (χ1) is 2.00. The van der Waals surface area contributed by atoms with Crippen LogP contribution in [0, 0.1) is 0 Å². The van der Waals surface area contributed by atoms with Gasteiger partial charge < -0.3 is 0 Å². The summed E-state index contributed by atoms with van der Waals surface area (Å²) in [6.45, 7) is 9.19. The second kappa shape index (κ2) is 1.26. The van der Waals surface area contributed by atoms with E-state index in [0.29, 0.717) is 0 Å². The number of rotatable bonds is 0. The molecule has 0 aliphatic rings. The third-order valence-corrected chi connectivity index (χ3v) is 0. The molecule has 5 heavy (non-hydrogen) atoms. The highest BCUT2D eigenvalue weighted by Crippen LogP contribution is 2.40. The molecule has 0 fully saturated rings. The Labute approximate surface area is 36.4 Å². The fraction of sp³-hybridized carbons (Fsp3) is 1.00. The zero-order chi connectivity index (χ0) is 4.50. The molecular formula is C4H14P+. The number of hydrogen-bond acceptors (Lipinski definition) is 0. The standard InChI is InChI=1S/C4H12P.H2/c1-5(2,3)4;/h1-4H3;1H/q+1;. The lowest BCUT2D eigenvalue weighted by molar-refractivity contribution is 1.95. The van der Waals surface area contributed by atoms with E-state index in [-0.39, 0.29) is 8.69 Å². The minimum atomic E-state index is -0.389. The maximum Gasteiger partial charge on any atom is 0.0481 e. The maximum atomic E-state index is 2.30. The molecule has 0 N–H and O–H groups in total. The lowest BCUT2D eigenvalue weighted by Crippen LogP contribution is -1.74. The van der Waals surface area contributed by atoms with E-state index in [1.807, 2.05) is 0 Å². The summed E-state index contributed by atoms with van der Waals surface area (Å²) in [7, 11) is -0.389. The quantitative estimate of drug-likeness (QED) is 0.400. The van der Waals surface area contributed by atoms with Gasteiger partial charge in [0.1, 0.15) is 0 Å². The molecule has 0 atom stereocenters. The van der Waals surface area contributed by atoms with E-state index in [4.69, 9.17) is 0 Å². The van der Waals surface area contributed by atoms with Crippen molar-refractivity contribution in [1.29, 1.82) is 0 Å². The Morgan fingerprint density at radius 2 is 1.00 bits per heavy atom. The van der Waals surface area contributed by atoms with Crippen LogP contribution < -0.4 is 0 Å². The van der Waals surface area contributed by atoms with E-state index >= 15 is 0 Å². The van der Waals surface area contributed by atoms with Crippen LogP contribution in [0.4, 0.5) is 0 Å². The third kappa shape index (κ3) is 141. The maximum absolute atomic E-state index is 2.30. The lowest BCUT2D eigenvalue weighted by atomic mass is 11.8. The topological polar surface area (TPSA) is 0 Å². The molecule has 0 rings (SSSR count). The molecule has 0 aromatic heterocycles. The van der Waals surface area contributed by atoms with Crippen molar-refractivity contribution >= 4 is 7.26 Å². The fourth-order valence-corrected chi connectivity index (χ4v) is 0. The van der Waals surface area contributed by atoms with Gasteiger partial charge in [0.15, 0.2) is 0 Å². The molecule has 0 aliphatic heterocycles. The summed E-state index contributed by atoms with van der Waals surface area (Å²) in [5.74, 6) is 0. The van der Waals surface area contributed by atoms with Crippen molar-refractivity contribution < 1.29 is 1.43 Å². The van der Waals surface area contributed by atoms with Crippen molar-refractivity contribution in [1.82, 2.24) is 0 Å². The van der Waals surface area contributed by atoms with E-state index in [9.17, 15) is 0 Å². The Kier molecular flexibility index (Phi) is 1.37. The first-order valence-electron chi connectivity index (χ1n) is 1.79. The van der Waals surface area contributed by atoms with Gasteiger partial charge in [0.05, 0.1) is 0 Å². The molecule has 0 aromatic rings. The summed E-state index contributed by atoms with van der Waals surface area (Å²) in [6, 6.07) is 0. The molecule has 1 heteroatoms. The lowest BCUT2D eigenvalue weighted by Gasteiger charge is -1.97. The molecule has 0 bridgehead atoms. The molecule has 0 saturated carbocycles. The first kappa shape index (κ1) is 5.43. The van der Waals surface area contributed by atoms with E-state index in [2.05, 4.69) is 26.7 Å². The van der Waals surface area contributed by atoms with Crippen LogP contribution >= 0.6 is 7.26 Å². The van der Waals surface area contributed by atoms with Crippen LogP contribution in [0.3, 0.4) is 0 Å². The van der Waals surface area contributed by atoms with E-state index < -0.39 is 0 Å². The third-order valence-electron chi connectivity index (χ3n) is 0. The molecule has 0 nitrogen and oxygen atoms in total. The van der Waals surface area contributed by atoms with Crippen molar-refractivity contribution in [3.05, 3.63) is 0 Å². The van der Waals surface area contributed by atoms with E-state index in [0.717, 1.165) is 0 Å². The Morgan fingerprint density at radius 1 is 1.00 bits per heavy atom. The summed E-state index contributed by atoms with van der Waals surface area (Å²) >= 11 is 0. The van der Waals surface area contributed by atoms with Gasteiger partial charge in [-0.1, -0.05) is 0 Å². The van der Waals surface area contributed by atoms with Crippen molar-refractivity contribution in [3.63, 3.8) is 0 Å². The zero-order valence-corrected chi connectivity index (χ0v) is 5.34. The van der Waals surface area contributed by atoms with Crippen LogP contribution in [0.1, 0.15) is 1.43 Å². The van der Waals surface area contributed by atoms with E-state index in [1.165, 1.54) is 0 Å². The van der Waals surface area contributed by atoms with Crippen LogP contribution in [0.5, 0.6) is 0 Å². The van der Waals surface area contributed by atoms with Crippen LogP contribution in [0.25, 0.3) is 0 Å². The van der Waals surface area contributed by atoms with Gasteiger partial charge in [-0.25, -0.2) is 0 Å². The summed E-state index contributed by atoms with van der Waals surface area (Å²) in [4.78, 5) is 0. The molecule has 0 unspecified atom stereocenters. The summed E-state index contributed by atoms with van der Waals surface area (Å²) in [5.41, 5.74) is 0. The first-order valence-corrected chi connectivity index (χ1v) is 5.37. The van der Waals surface area contributed by atoms with Crippen molar-refractivity contribution in [3.8, 4) is 0 Å². The second-order valence-electron chi connectivity index (χ2n) is 2.68. The Morgan fingerprint density at radius 3 is 1.00 bits per heavy atom. The average Bonchev–Trinajstić information content (AvgIpc) is 0.722. The summed E-state index contributed by atoms with van der Waals surface area (Å²) < 4.78 is 0. The number of hydrogen-bond donors (Lipinski definition) is 0. The molecule has 0 saturated heterocycles. The molecule has 0 aliphatic carbocycles. The van der Waals surface area contributed by atoms with Gasteiger partial charge in [0, 0.05) is 35.3 Å². The smallest absolute Gasteiger partial charge is 0 e. The Hall–Kier alpha value is 0.430. The van der Waals surface area contributed by atoms with Crippen molar-refractivity contribution in [2.24, 2.45) is 0 Å². The zero-order valence-electron chi connectivity index (χ0n) is 4.45. The second-order valence-corrected chi connectivity index (χ2v) is 8.05. The monoisotopic (exact) mass is 93.1 g/mol. The highest BCUT2D eigenvalue weighted by atomic mass is 31.2. The van der Waals surface area contributed by atoms with Gasteiger partial charge in [0.2, 0.25) is 0 Å². The van der Waals surface area contributed by atoms with Gasteiger partial charge in [-0.3, -0.25) is 0 Å². The molecule has 34 valence electrons. The van der Waals surface area contributed by atoms with Gasteiger partial charge in [0.25, 0.3) is 0 Å². The fourth-order valence-electron chi connectivity index (χ4n) is 0. The predicted octanol–water partition coefficient (Wildman–Crippen LogP) is 1.77. The largest absolute Gasteiger partial charge is 0.0481 e. The molecule has 0 amide bonds. The molecular weight excluding hydrogens is 79.0 g/mol. The van der Waals surface area contributed by atoms with Gasteiger partial charge in [-0.05, 0) is 0 Å². The van der Waals surface area contributed by atoms with Crippen LogP contribution in [0.15, 0.2) is 0 Å². The van der Waals surface area contributed by atoms with Crippen LogP contribution in [-0.4, -0.2) is 26.7 Å². The Bertz CT molecular complexity index is 23.0. The molecule has 0 aromatic carbocycles. The SMILES string of the molecule is C[P+](C)(C)C.[HH]. The highest BCUT2D eigenvalue weighted by Gasteiger charge is 2.03. The minimum Gasteiger partial charge on any atom is 0 e. The summed E-state index contributed by atoms with van der Waals surface area (Å²) in [6.07, 6.45) is 0. The van der Waals surface area contributed by atoms with Gasteiger partial charge in [-0.15, -0.1) is 0 Å². The normalized spacial score (nSPS) is 12.0. The molecule has 0 spiro atoms. The molecule has 0 radical (unpaired) electrons. The van der Waals surface area contributed by atoms with E-state index in [1.54, 1.807) is 0 Å². The van der Waals surface area contributed by atoms with Gasteiger partial charge in [-0.2, -0.15) is 0 Å². The van der Waals surface area contributed by atoms with Crippen LogP contribution in [-0.2, 0) is 0 Å². The average molecular weight is 93.1 g/mol. The summed E-state index contributed by atoms with van der Waals surface area (Å²) in [5, 5.41) is 0. The predicted molar refractivity (Wildman–Crippen MR) is 32.7 cm³/mol. The van der Waals surface area contributed by atoms with Gasteiger partial charge >= 0.3 is 0 Å². The Balaban J connectivity index is 0. The molecule has 0 heterocycles. The highest BCUT2D eigenvalue weighted by molar-refractivity contribution is 7.72. The van der Waals surface area contributed by atoms with Crippen molar-refractivity contribution in [2.45, 2.75) is 0 Å². The van der Waals surface area contributed by atoms with Crippen molar-refractivity contribution in [2.75, 3.05) is 26.7 Å².